The van der Waals surface area contributed by atoms with E-state index < -0.39 is 0 Å². The van der Waals surface area contributed by atoms with Gasteiger partial charge in [0, 0.05) is 11.8 Å². The number of rotatable bonds is 2. The predicted octanol–water partition coefficient (Wildman–Crippen LogP) is 0.598. The summed E-state index contributed by atoms with van der Waals surface area (Å²) in [6, 6.07) is 0.0296. The van der Waals surface area contributed by atoms with Gasteiger partial charge in [0.15, 0.2) is 0 Å². The Bertz CT molecular complexity index is 165. The molecule has 70 valence electrons. The van der Waals surface area contributed by atoms with Crippen LogP contribution in [0.25, 0.3) is 0 Å². The van der Waals surface area contributed by atoms with Gasteiger partial charge < -0.3 is 5.32 Å². The van der Waals surface area contributed by atoms with Crippen LogP contribution in [0.1, 0.15) is 6.92 Å². The fourth-order valence-electron chi connectivity index (χ4n) is 1.14. The monoisotopic (exact) mass is 190 g/mol. The topological polar surface area (TPSA) is 50.4 Å². The fraction of sp³-hybridized carbons (Fsp3) is 0.857. The predicted molar refractivity (Wildman–Crippen MR) is 49.0 cm³/mol. The summed E-state index contributed by atoms with van der Waals surface area (Å²) in [5.41, 5.74) is 2.23. The van der Waals surface area contributed by atoms with E-state index >= 15 is 0 Å². The second kappa shape index (κ2) is 4.57. The van der Waals surface area contributed by atoms with Crippen molar-refractivity contribution in [1.29, 1.82) is 0 Å². The first-order chi connectivity index (χ1) is 5.74. The summed E-state index contributed by atoms with van der Waals surface area (Å²) in [4.78, 5) is 15.5. The minimum atomic E-state index is -0.253. The molecule has 1 rings (SSSR count). The maximum atomic E-state index is 11.0. The number of amides is 2. The van der Waals surface area contributed by atoms with E-state index in [9.17, 15) is 4.79 Å². The zero-order valence-corrected chi connectivity index (χ0v) is 8.11. The molecule has 0 aromatic carbocycles. The van der Waals surface area contributed by atoms with Gasteiger partial charge >= 0.3 is 6.03 Å². The lowest BCUT2D eigenvalue weighted by atomic mass is 10.1. The zero-order valence-electron chi connectivity index (χ0n) is 7.29. The lowest BCUT2D eigenvalue weighted by Gasteiger charge is -2.15. The van der Waals surface area contributed by atoms with Gasteiger partial charge in [0.2, 0.25) is 0 Å². The summed E-state index contributed by atoms with van der Waals surface area (Å²) in [7, 11) is 1.42. The number of hydroxylamine groups is 1. The third-order valence-corrected chi connectivity index (χ3v) is 3.23. The van der Waals surface area contributed by atoms with E-state index in [1.165, 1.54) is 7.11 Å². The van der Waals surface area contributed by atoms with E-state index in [4.69, 9.17) is 0 Å². The number of hydrogen-bond donors (Lipinski definition) is 2. The van der Waals surface area contributed by atoms with Crippen LogP contribution >= 0.6 is 11.8 Å². The number of hydrogen-bond acceptors (Lipinski definition) is 3. The summed E-state index contributed by atoms with van der Waals surface area (Å²) < 4.78 is 0. The first kappa shape index (κ1) is 9.67. The summed E-state index contributed by atoms with van der Waals surface area (Å²) >= 11 is 1.87. The average Bonchev–Trinajstić information content (AvgIpc) is 2.37. The van der Waals surface area contributed by atoms with Crippen LogP contribution in [0.5, 0.6) is 0 Å². The molecule has 1 aliphatic rings. The summed E-state index contributed by atoms with van der Waals surface area (Å²) in [5, 5.41) is 2.83. The Kier molecular flexibility index (Phi) is 3.68. The SMILES string of the molecule is CONC(=O)NC1CSCC1C. The van der Waals surface area contributed by atoms with Crippen LogP contribution in [0.15, 0.2) is 0 Å². The molecule has 0 saturated carbocycles. The highest BCUT2D eigenvalue weighted by Gasteiger charge is 2.25. The molecule has 0 aliphatic carbocycles. The summed E-state index contributed by atoms with van der Waals surface area (Å²) in [6.07, 6.45) is 0. The van der Waals surface area contributed by atoms with Crippen molar-refractivity contribution in [3.8, 4) is 0 Å². The molecular weight excluding hydrogens is 176 g/mol. The maximum Gasteiger partial charge on any atom is 0.338 e. The number of thioether (sulfide) groups is 1. The fourth-order valence-corrected chi connectivity index (χ4v) is 2.54. The molecule has 0 bridgehead atoms. The second-order valence-electron chi connectivity index (χ2n) is 2.90. The molecule has 0 aromatic rings. The van der Waals surface area contributed by atoms with Crippen molar-refractivity contribution in [1.82, 2.24) is 10.8 Å². The molecule has 1 saturated heterocycles. The molecule has 2 N–H and O–H groups in total. The van der Waals surface area contributed by atoms with Gasteiger partial charge in [-0.1, -0.05) is 6.92 Å². The van der Waals surface area contributed by atoms with E-state index in [0.717, 1.165) is 11.5 Å². The number of urea groups is 1. The Labute approximate surface area is 76.4 Å². The van der Waals surface area contributed by atoms with E-state index in [0.29, 0.717) is 5.92 Å². The first-order valence-electron chi connectivity index (χ1n) is 3.91. The highest BCUT2D eigenvalue weighted by Crippen LogP contribution is 2.23. The lowest BCUT2D eigenvalue weighted by molar-refractivity contribution is 0.105. The van der Waals surface area contributed by atoms with Crippen molar-refractivity contribution >= 4 is 17.8 Å². The molecule has 0 radical (unpaired) electrons. The zero-order chi connectivity index (χ0) is 8.97. The quantitative estimate of drug-likeness (QED) is 0.627. The van der Waals surface area contributed by atoms with E-state index in [2.05, 4.69) is 22.6 Å². The van der Waals surface area contributed by atoms with Crippen LogP contribution in [0.2, 0.25) is 0 Å². The molecule has 2 unspecified atom stereocenters. The van der Waals surface area contributed by atoms with Gasteiger partial charge in [-0.15, -0.1) is 0 Å². The third-order valence-electron chi connectivity index (χ3n) is 1.88. The summed E-state index contributed by atoms with van der Waals surface area (Å²) in [6.45, 7) is 2.14. The molecule has 12 heavy (non-hydrogen) atoms. The Balaban J connectivity index is 2.25. The molecule has 2 atom stereocenters. The lowest BCUT2D eigenvalue weighted by Crippen LogP contribution is -2.44. The second-order valence-corrected chi connectivity index (χ2v) is 3.98. The van der Waals surface area contributed by atoms with Gasteiger partial charge in [-0.3, -0.25) is 4.84 Å². The number of carbonyl (C=O) groups is 1. The standard InChI is InChI=1S/C7H14N2O2S/c1-5-3-12-4-6(5)8-7(10)9-11-2/h5-6H,3-4H2,1-2H3,(H2,8,9,10). The van der Waals surface area contributed by atoms with Gasteiger partial charge in [0.25, 0.3) is 0 Å². The van der Waals surface area contributed by atoms with E-state index in [1.54, 1.807) is 0 Å². The highest BCUT2D eigenvalue weighted by atomic mass is 32.2. The van der Waals surface area contributed by atoms with Crippen LogP contribution < -0.4 is 10.8 Å². The van der Waals surface area contributed by atoms with Crippen LogP contribution in [0.4, 0.5) is 4.79 Å². The molecule has 1 aliphatic heterocycles. The molecule has 0 aromatic heterocycles. The van der Waals surface area contributed by atoms with Gasteiger partial charge in [-0.25, -0.2) is 10.3 Å². The van der Waals surface area contributed by atoms with Gasteiger partial charge in [-0.2, -0.15) is 11.8 Å². The Morgan fingerprint density at radius 1 is 1.58 bits per heavy atom. The molecule has 2 amide bonds. The first-order valence-corrected chi connectivity index (χ1v) is 5.06. The molecule has 5 heteroatoms. The van der Waals surface area contributed by atoms with Gasteiger partial charge in [0.1, 0.15) is 0 Å². The van der Waals surface area contributed by atoms with Gasteiger partial charge in [-0.05, 0) is 11.7 Å². The molecule has 1 fully saturated rings. The van der Waals surface area contributed by atoms with Crippen molar-refractivity contribution in [2.75, 3.05) is 18.6 Å². The third kappa shape index (κ3) is 2.57. The van der Waals surface area contributed by atoms with Crippen molar-refractivity contribution in [3.63, 3.8) is 0 Å². The van der Waals surface area contributed by atoms with Crippen molar-refractivity contribution in [2.24, 2.45) is 5.92 Å². The van der Waals surface area contributed by atoms with Crippen LogP contribution in [0, 0.1) is 5.92 Å². The Morgan fingerprint density at radius 3 is 2.83 bits per heavy atom. The van der Waals surface area contributed by atoms with Crippen LogP contribution in [-0.4, -0.2) is 30.7 Å². The maximum absolute atomic E-state index is 11.0. The summed E-state index contributed by atoms with van der Waals surface area (Å²) in [5.74, 6) is 2.67. The number of carbonyl (C=O) groups excluding carboxylic acids is 1. The average molecular weight is 190 g/mol. The minimum Gasteiger partial charge on any atom is -0.333 e. The minimum absolute atomic E-state index is 0.253. The van der Waals surface area contributed by atoms with E-state index in [1.807, 2.05) is 11.8 Å². The molecule has 4 nitrogen and oxygen atoms in total. The molecule has 1 heterocycles. The molecular formula is C7H14N2O2S. The van der Waals surface area contributed by atoms with Gasteiger partial charge in [0.05, 0.1) is 7.11 Å². The Hall–Kier alpha value is -0.420. The van der Waals surface area contributed by atoms with Crippen molar-refractivity contribution in [3.05, 3.63) is 0 Å². The van der Waals surface area contributed by atoms with Crippen LogP contribution in [-0.2, 0) is 4.84 Å². The smallest absolute Gasteiger partial charge is 0.333 e. The molecule has 0 spiro atoms. The number of nitrogens with one attached hydrogen (secondary N) is 2. The largest absolute Gasteiger partial charge is 0.338 e. The van der Waals surface area contributed by atoms with Crippen LogP contribution in [0.3, 0.4) is 0 Å². The Morgan fingerprint density at radius 2 is 2.33 bits per heavy atom. The van der Waals surface area contributed by atoms with E-state index in [-0.39, 0.29) is 12.1 Å². The highest BCUT2D eigenvalue weighted by molar-refractivity contribution is 7.99. The van der Waals surface area contributed by atoms with Crippen molar-refractivity contribution < 1.29 is 9.63 Å². The normalized spacial score (nSPS) is 28.5. The van der Waals surface area contributed by atoms with Crippen molar-refractivity contribution in [2.45, 2.75) is 13.0 Å².